The van der Waals surface area contributed by atoms with Crippen LogP contribution < -0.4 is 9.47 Å². The number of ketones is 1. The van der Waals surface area contributed by atoms with E-state index in [9.17, 15) is 4.79 Å². The molecule has 29 heavy (non-hydrogen) atoms. The maximum absolute atomic E-state index is 13.0. The van der Waals surface area contributed by atoms with Crippen LogP contribution in [-0.4, -0.2) is 42.5 Å². The van der Waals surface area contributed by atoms with Gasteiger partial charge in [0.15, 0.2) is 5.76 Å². The average Bonchev–Trinajstić information content (AvgIpc) is 3.34. The zero-order valence-corrected chi connectivity index (χ0v) is 17.9. The molecule has 0 aliphatic carbocycles. The van der Waals surface area contributed by atoms with Crippen LogP contribution >= 0.6 is 0 Å². The van der Waals surface area contributed by atoms with Crippen LogP contribution in [0.1, 0.15) is 62.6 Å². The lowest BCUT2D eigenvalue weighted by atomic mass is 9.86. The summed E-state index contributed by atoms with van der Waals surface area (Å²) in [6, 6.07) is 11.5. The number of para-hydroxylation sites is 1. The highest BCUT2D eigenvalue weighted by Crippen LogP contribution is 2.40. The van der Waals surface area contributed by atoms with Crippen molar-refractivity contribution in [2.75, 3.05) is 26.2 Å². The smallest absolute Gasteiger partial charge is 0.284 e. The number of likely N-dealkylation sites (N-methyl/N-ethyl adjacent to an activating group) is 1. The van der Waals surface area contributed by atoms with Gasteiger partial charge in [-0.3, -0.25) is 4.79 Å². The summed E-state index contributed by atoms with van der Waals surface area (Å²) in [7, 11) is 0. The average molecular weight is 400 g/mol. The van der Waals surface area contributed by atoms with E-state index in [4.69, 9.17) is 13.9 Å². The number of unbranched alkanes of at least 4 members (excludes halogenated alkanes) is 1. The molecule has 3 rings (SSSR count). The summed E-state index contributed by atoms with van der Waals surface area (Å²) in [4.78, 5) is 15.2. The Balaban J connectivity index is 1.61. The van der Waals surface area contributed by atoms with Crippen LogP contribution in [0.2, 0.25) is 0 Å². The van der Waals surface area contributed by atoms with Gasteiger partial charge >= 0.3 is 0 Å². The molecule has 0 fully saturated rings. The largest absolute Gasteiger partial charge is 0.486 e. The number of Topliss-reactive ketones (excluding diaryl/α,β-unsaturated/α-hetero) is 1. The topological polar surface area (TPSA) is 51.9 Å². The summed E-state index contributed by atoms with van der Waals surface area (Å²) in [5.74, 6) is 1.61. The standard InChI is InChI=1S/C24H33NO4/c1-4-7-14-24(17-19-10-8-9-11-21(19)29-24)18-20(26)22-12-13-23(28-22)27-16-15-25(5-2)6-3/h8-13H,4-7,14-18H2,1-3H3. The molecular weight excluding hydrogens is 366 g/mol. The second kappa shape index (κ2) is 9.97. The fraction of sp³-hybridized carbons (Fsp3) is 0.542. The first-order chi connectivity index (χ1) is 14.1. The van der Waals surface area contributed by atoms with Crippen molar-refractivity contribution >= 4 is 5.78 Å². The third-order valence-electron chi connectivity index (χ3n) is 5.68. The van der Waals surface area contributed by atoms with E-state index in [1.54, 1.807) is 12.1 Å². The van der Waals surface area contributed by atoms with Crippen LogP contribution in [0.5, 0.6) is 11.7 Å². The number of carbonyl (C=O) groups is 1. The van der Waals surface area contributed by atoms with Gasteiger partial charge in [-0.2, -0.15) is 0 Å². The first-order valence-electron chi connectivity index (χ1n) is 10.8. The molecule has 0 spiro atoms. The van der Waals surface area contributed by atoms with Crippen molar-refractivity contribution in [3.8, 4) is 11.7 Å². The van der Waals surface area contributed by atoms with E-state index in [-0.39, 0.29) is 5.78 Å². The SMILES string of the molecule is CCCCC1(CC(=O)c2ccc(OCCN(CC)CC)o2)Cc2ccccc2O1. The Morgan fingerprint density at radius 2 is 1.93 bits per heavy atom. The molecule has 1 aliphatic heterocycles. The van der Waals surface area contributed by atoms with E-state index < -0.39 is 5.60 Å². The number of carbonyl (C=O) groups excluding carboxylic acids is 1. The van der Waals surface area contributed by atoms with Gasteiger partial charge in [0.1, 0.15) is 18.0 Å². The number of nitrogens with zero attached hydrogens (tertiary/aromatic N) is 1. The van der Waals surface area contributed by atoms with Crippen LogP contribution in [0.4, 0.5) is 0 Å². The molecule has 0 amide bonds. The zero-order valence-electron chi connectivity index (χ0n) is 17.9. The predicted molar refractivity (Wildman–Crippen MR) is 114 cm³/mol. The number of furan rings is 1. The lowest BCUT2D eigenvalue weighted by molar-refractivity contribution is 0.0568. The molecule has 0 radical (unpaired) electrons. The van der Waals surface area contributed by atoms with Gasteiger partial charge in [-0.05, 0) is 43.6 Å². The predicted octanol–water partition coefficient (Wildman–Crippen LogP) is 5.14. The van der Waals surface area contributed by atoms with Crippen molar-refractivity contribution in [3.05, 3.63) is 47.7 Å². The van der Waals surface area contributed by atoms with E-state index in [1.807, 2.05) is 18.2 Å². The van der Waals surface area contributed by atoms with E-state index in [1.165, 1.54) is 5.56 Å². The van der Waals surface area contributed by atoms with Crippen molar-refractivity contribution in [1.82, 2.24) is 4.90 Å². The monoisotopic (exact) mass is 399 g/mol. The Morgan fingerprint density at radius 1 is 1.14 bits per heavy atom. The van der Waals surface area contributed by atoms with E-state index >= 15 is 0 Å². The fourth-order valence-electron chi connectivity index (χ4n) is 3.93. The van der Waals surface area contributed by atoms with E-state index in [0.717, 1.165) is 51.1 Å². The van der Waals surface area contributed by atoms with Crippen LogP contribution in [-0.2, 0) is 6.42 Å². The number of hydrogen-bond acceptors (Lipinski definition) is 5. The molecule has 1 atom stereocenters. The van der Waals surface area contributed by atoms with Gasteiger partial charge in [-0.15, -0.1) is 0 Å². The van der Waals surface area contributed by atoms with E-state index in [0.29, 0.717) is 24.7 Å². The van der Waals surface area contributed by atoms with Gasteiger partial charge < -0.3 is 18.8 Å². The van der Waals surface area contributed by atoms with E-state index in [2.05, 4.69) is 31.7 Å². The molecule has 1 unspecified atom stereocenters. The fourth-order valence-corrected chi connectivity index (χ4v) is 3.93. The first kappa shape index (κ1) is 21.4. The molecule has 1 aromatic heterocycles. The van der Waals surface area contributed by atoms with Gasteiger partial charge in [0, 0.05) is 19.0 Å². The number of rotatable bonds is 12. The number of hydrogen-bond donors (Lipinski definition) is 0. The summed E-state index contributed by atoms with van der Waals surface area (Å²) >= 11 is 0. The summed E-state index contributed by atoms with van der Waals surface area (Å²) < 4.78 is 17.7. The Bertz CT molecular complexity index is 769. The number of fused-ring (bicyclic) bond motifs is 1. The van der Waals surface area contributed by atoms with Crippen LogP contribution in [0.15, 0.2) is 40.8 Å². The maximum atomic E-state index is 13.0. The molecule has 0 saturated carbocycles. The lowest BCUT2D eigenvalue weighted by Crippen LogP contribution is -2.37. The summed E-state index contributed by atoms with van der Waals surface area (Å²) in [6.07, 6.45) is 4.04. The van der Waals surface area contributed by atoms with Crippen molar-refractivity contribution in [2.24, 2.45) is 0 Å². The van der Waals surface area contributed by atoms with Gasteiger partial charge in [0.25, 0.3) is 5.95 Å². The first-order valence-corrected chi connectivity index (χ1v) is 10.8. The number of ether oxygens (including phenoxy) is 2. The molecule has 0 bridgehead atoms. The second-order valence-electron chi connectivity index (χ2n) is 7.77. The minimum absolute atomic E-state index is 0.0347. The van der Waals surface area contributed by atoms with Crippen LogP contribution in [0, 0.1) is 0 Å². The van der Waals surface area contributed by atoms with Crippen molar-refractivity contribution in [1.29, 1.82) is 0 Å². The highest BCUT2D eigenvalue weighted by atomic mass is 16.6. The highest BCUT2D eigenvalue weighted by Gasteiger charge is 2.41. The third kappa shape index (κ3) is 5.41. The molecule has 5 nitrogen and oxygen atoms in total. The highest BCUT2D eigenvalue weighted by molar-refractivity contribution is 5.94. The lowest BCUT2D eigenvalue weighted by Gasteiger charge is -2.28. The zero-order chi connectivity index (χ0) is 20.7. The van der Waals surface area contributed by atoms with Gasteiger partial charge in [-0.1, -0.05) is 45.4 Å². The minimum Gasteiger partial charge on any atom is -0.486 e. The molecule has 0 saturated heterocycles. The molecule has 158 valence electrons. The summed E-state index contributed by atoms with van der Waals surface area (Å²) in [5.41, 5.74) is 0.698. The Kier molecular flexibility index (Phi) is 7.37. The Labute approximate surface area is 174 Å². The van der Waals surface area contributed by atoms with Gasteiger partial charge in [0.05, 0.1) is 6.42 Å². The molecular formula is C24H33NO4. The van der Waals surface area contributed by atoms with Crippen LogP contribution in [0.3, 0.4) is 0 Å². The normalized spacial score (nSPS) is 17.9. The quantitative estimate of drug-likeness (QED) is 0.463. The summed E-state index contributed by atoms with van der Waals surface area (Å²) in [5, 5.41) is 0. The molecule has 2 aromatic rings. The van der Waals surface area contributed by atoms with Gasteiger partial charge in [0.2, 0.25) is 5.78 Å². The Morgan fingerprint density at radius 3 is 2.66 bits per heavy atom. The van der Waals surface area contributed by atoms with Crippen LogP contribution in [0.25, 0.3) is 0 Å². The molecule has 0 N–H and O–H groups in total. The molecule has 2 heterocycles. The maximum Gasteiger partial charge on any atom is 0.284 e. The molecule has 1 aromatic carbocycles. The number of benzene rings is 1. The van der Waals surface area contributed by atoms with Crippen molar-refractivity contribution in [3.63, 3.8) is 0 Å². The summed E-state index contributed by atoms with van der Waals surface area (Å²) in [6.45, 7) is 9.78. The molecule has 1 aliphatic rings. The van der Waals surface area contributed by atoms with Crippen molar-refractivity contribution < 1.29 is 18.7 Å². The minimum atomic E-state index is -0.479. The third-order valence-corrected chi connectivity index (χ3v) is 5.68. The van der Waals surface area contributed by atoms with Gasteiger partial charge in [-0.25, -0.2) is 0 Å². The molecule has 5 heteroatoms. The second-order valence-corrected chi connectivity index (χ2v) is 7.77. The van der Waals surface area contributed by atoms with Crippen molar-refractivity contribution in [2.45, 2.75) is 58.5 Å². The Hall–Kier alpha value is -2.27.